The number of halogens is 1. The number of nitrogens with one attached hydrogen (secondary N) is 1. The molecule has 0 aliphatic heterocycles. The number of amides is 1. The Morgan fingerprint density at radius 3 is 2.35 bits per heavy atom. The predicted octanol–water partition coefficient (Wildman–Crippen LogP) is 7.37. The van der Waals surface area contributed by atoms with Gasteiger partial charge in [-0.05, 0) is 49.2 Å². The zero-order chi connectivity index (χ0) is 24.1. The lowest BCUT2D eigenvalue weighted by atomic mass is 9.99. The number of hydrogen-bond donors (Lipinski definition) is 1. The van der Waals surface area contributed by atoms with Crippen molar-refractivity contribution in [3.8, 4) is 28.5 Å². The number of rotatable bonds is 6. The van der Waals surface area contributed by atoms with Gasteiger partial charge in [0.15, 0.2) is 0 Å². The minimum absolute atomic E-state index is 0.150. The number of aromatic nitrogens is 1. The highest BCUT2D eigenvalue weighted by Gasteiger charge is 2.21. The maximum absolute atomic E-state index is 13.0. The van der Waals surface area contributed by atoms with Crippen LogP contribution >= 0.6 is 23.4 Å². The molecule has 0 unspecified atom stereocenters. The van der Waals surface area contributed by atoms with Crippen LogP contribution in [0.1, 0.15) is 18.1 Å². The van der Waals surface area contributed by atoms with E-state index in [-0.39, 0.29) is 5.91 Å². The molecule has 1 N–H and O–H groups in total. The number of anilines is 1. The van der Waals surface area contributed by atoms with Crippen LogP contribution in [0.4, 0.5) is 5.69 Å². The highest BCUT2D eigenvalue weighted by Crippen LogP contribution is 2.36. The molecule has 0 aliphatic rings. The Labute approximate surface area is 208 Å². The van der Waals surface area contributed by atoms with Gasteiger partial charge in [0, 0.05) is 21.8 Å². The molecule has 34 heavy (non-hydrogen) atoms. The van der Waals surface area contributed by atoms with E-state index in [0.29, 0.717) is 21.3 Å². The summed E-state index contributed by atoms with van der Waals surface area (Å²) in [6.07, 6.45) is 0. The van der Waals surface area contributed by atoms with Crippen LogP contribution in [0.5, 0.6) is 0 Å². The van der Waals surface area contributed by atoms with E-state index in [4.69, 9.17) is 16.6 Å². The van der Waals surface area contributed by atoms with E-state index in [1.165, 1.54) is 11.8 Å². The Morgan fingerprint density at radius 1 is 1.00 bits per heavy atom. The number of thioether (sulfide) groups is 1. The van der Waals surface area contributed by atoms with Gasteiger partial charge in [-0.15, -0.1) is 0 Å². The van der Waals surface area contributed by atoms with E-state index >= 15 is 0 Å². The van der Waals surface area contributed by atoms with E-state index < -0.39 is 5.25 Å². The van der Waals surface area contributed by atoms with Crippen LogP contribution in [0, 0.1) is 18.3 Å². The van der Waals surface area contributed by atoms with Crippen molar-refractivity contribution in [3.63, 3.8) is 0 Å². The largest absolute Gasteiger partial charge is 0.325 e. The molecule has 1 heterocycles. The average molecular weight is 484 g/mol. The molecular formula is C28H22ClN3OS. The lowest BCUT2D eigenvalue weighted by Gasteiger charge is -2.16. The van der Waals surface area contributed by atoms with Gasteiger partial charge in [0.25, 0.3) is 0 Å². The van der Waals surface area contributed by atoms with Crippen molar-refractivity contribution < 1.29 is 4.79 Å². The van der Waals surface area contributed by atoms with Gasteiger partial charge in [0.1, 0.15) is 11.1 Å². The average Bonchev–Trinajstić information content (AvgIpc) is 2.86. The Hall–Kier alpha value is -3.59. The summed E-state index contributed by atoms with van der Waals surface area (Å²) in [6.45, 7) is 3.77. The fourth-order valence-corrected chi connectivity index (χ4v) is 4.55. The summed E-state index contributed by atoms with van der Waals surface area (Å²) in [6, 6.07) is 29.0. The molecular weight excluding hydrogens is 462 g/mol. The van der Waals surface area contributed by atoms with Crippen molar-refractivity contribution in [2.45, 2.75) is 24.1 Å². The molecule has 168 valence electrons. The van der Waals surface area contributed by atoms with Gasteiger partial charge in [-0.25, -0.2) is 4.98 Å². The summed E-state index contributed by atoms with van der Waals surface area (Å²) >= 11 is 7.35. The normalized spacial score (nSPS) is 11.5. The maximum Gasteiger partial charge on any atom is 0.237 e. The van der Waals surface area contributed by atoms with Crippen LogP contribution in [0.3, 0.4) is 0 Å². The number of carbonyl (C=O) groups excluding carboxylic acids is 1. The number of para-hydroxylation sites is 1. The molecule has 0 fully saturated rings. The Balaban J connectivity index is 1.73. The van der Waals surface area contributed by atoms with Crippen molar-refractivity contribution in [1.82, 2.24) is 4.98 Å². The molecule has 0 bridgehead atoms. The summed E-state index contributed by atoms with van der Waals surface area (Å²) in [7, 11) is 0. The topological polar surface area (TPSA) is 65.8 Å². The SMILES string of the molecule is Cc1ccccc1NC(=O)[C@@H](C)Sc1nc(-c2ccc(Cl)cc2)cc(-c2ccccc2)c1C#N. The van der Waals surface area contributed by atoms with Gasteiger partial charge < -0.3 is 5.32 Å². The molecule has 0 saturated carbocycles. The molecule has 6 heteroatoms. The van der Waals surface area contributed by atoms with E-state index in [2.05, 4.69) is 11.4 Å². The van der Waals surface area contributed by atoms with Gasteiger partial charge in [-0.3, -0.25) is 4.79 Å². The molecule has 3 aromatic carbocycles. The molecule has 4 aromatic rings. The first-order valence-corrected chi connectivity index (χ1v) is 12.0. The third kappa shape index (κ3) is 5.31. The number of aryl methyl sites for hydroxylation is 1. The quantitative estimate of drug-likeness (QED) is 0.291. The summed E-state index contributed by atoms with van der Waals surface area (Å²) in [5.74, 6) is -0.150. The van der Waals surface area contributed by atoms with E-state index in [1.54, 1.807) is 0 Å². The minimum atomic E-state index is -0.469. The van der Waals surface area contributed by atoms with Crippen LogP contribution in [0.25, 0.3) is 22.4 Å². The summed E-state index contributed by atoms with van der Waals surface area (Å²) in [5, 5.41) is 13.7. The molecule has 0 spiro atoms. The number of hydrogen-bond acceptors (Lipinski definition) is 4. The van der Waals surface area contributed by atoms with Crippen LogP contribution in [0.15, 0.2) is 90.0 Å². The number of carbonyl (C=O) groups is 1. The summed E-state index contributed by atoms with van der Waals surface area (Å²) in [5.41, 5.74) is 5.49. The second kappa shape index (κ2) is 10.6. The van der Waals surface area contributed by atoms with Crippen LogP contribution in [0.2, 0.25) is 5.02 Å². The molecule has 4 rings (SSSR count). The molecule has 4 nitrogen and oxygen atoms in total. The van der Waals surface area contributed by atoms with Crippen LogP contribution < -0.4 is 5.32 Å². The fraction of sp³-hybridized carbons (Fsp3) is 0.107. The molecule has 1 amide bonds. The third-order valence-electron chi connectivity index (χ3n) is 5.38. The second-order valence-corrected chi connectivity index (χ2v) is 9.55. The molecule has 1 aromatic heterocycles. The van der Waals surface area contributed by atoms with Gasteiger partial charge in [0.2, 0.25) is 5.91 Å². The molecule has 0 aliphatic carbocycles. The van der Waals surface area contributed by atoms with Crippen molar-refractivity contribution in [2.75, 3.05) is 5.32 Å². The summed E-state index contributed by atoms with van der Waals surface area (Å²) < 4.78 is 0. The van der Waals surface area contributed by atoms with Crippen molar-refractivity contribution in [2.24, 2.45) is 0 Å². The minimum Gasteiger partial charge on any atom is -0.325 e. The van der Waals surface area contributed by atoms with Gasteiger partial charge in [-0.2, -0.15) is 5.26 Å². The van der Waals surface area contributed by atoms with Crippen molar-refractivity contribution >= 4 is 35.0 Å². The van der Waals surface area contributed by atoms with Crippen molar-refractivity contribution in [3.05, 3.63) is 101 Å². The van der Waals surface area contributed by atoms with Crippen LogP contribution in [-0.2, 0) is 4.79 Å². The summed E-state index contributed by atoms with van der Waals surface area (Å²) in [4.78, 5) is 17.8. The second-order valence-electron chi connectivity index (χ2n) is 7.78. The third-order valence-corrected chi connectivity index (χ3v) is 6.72. The molecule has 0 radical (unpaired) electrons. The number of pyridine rings is 1. The molecule has 0 saturated heterocycles. The molecule has 1 atom stereocenters. The smallest absolute Gasteiger partial charge is 0.237 e. The lowest BCUT2D eigenvalue weighted by Crippen LogP contribution is -2.23. The number of nitrogens with zero attached hydrogens (tertiary/aromatic N) is 2. The van der Waals surface area contributed by atoms with Gasteiger partial charge in [-0.1, -0.05) is 84.0 Å². The Bertz CT molecular complexity index is 1370. The number of benzene rings is 3. The first-order chi connectivity index (χ1) is 16.5. The first kappa shape index (κ1) is 23.6. The van der Waals surface area contributed by atoms with E-state index in [1.807, 2.05) is 98.8 Å². The first-order valence-electron chi connectivity index (χ1n) is 10.8. The standard InChI is InChI=1S/C28H22ClN3OS/c1-18-8-6-7-11-25(18)31-27(33)19(2)34-28-24(17-30)23(20-9-4-3-5-10-20)16-26(32-28)21-12-14-22(29)15-13-21/h3-16,19H,1-2H3,(H,31,33)/t19-/m1/s1. The Kier molecular flexibility index (Phi) is 7.32. The van der Waals surface area contributed by atoms with E-state index in [9.17, 15) is 10.1 Å². The zero-order valence-corrected chi connectivity index (χ0v) is 20.3. The zero-order valence-electron chi connectivity index (χ0n) is 18.7. The lowest BCUT2D eigenvalue weighted by molar-refractivity contribution is -0.115. The number of nitriles is 1. The predicted molar refractivity (Wildman–Crippen MR) is 140 cm³/mol. The van der Waals surface area contributed by atoms with Gasteiger partial charge >= 0.3 is 0 Å². The van der Waals surface area contributed by atoms with Crippen molar-refractivity contribution in [1.29, 1.82) is 5.26 Å². The maximum atomic E-state index is 13.0. The fourth-order valence-electron chi connectivity index (χ4n) is 3.50. The highest BCUT2D eigenvalue weighted by atomic mass is 35.5. The van der Waals surface area contributed by atoms with Gasteiger partial charge in [0.05, 0.1) is 16.5 Å². The highest BCUT2D eigenvalue weighted by molar-refractivity contribution is 8.00. The Morgan fingerprint density at radius 2 is 1.68 bits per heavy atom. The van der Waals surface area contributed by atoms with Crippen LogP contribution in [-0.4, -0.2) is 16.1 Å². The van der Waals surface area contributed by atoms with E-state index in [0.717, 1.165) is 27.9 Å². The monoisotopic (exact) mass is 483 g/mol.